The van der Waals surface area contributed by atoms with Crippen molar-refractivity contribution in [3.05, 3.63) is 25.0 Å². The Morgan fingerprint density at radius 1 is 1.26 bits per heavy atom. The van der Waals surface area contributed by atoms with Gasteiger partial charge in [-0.05, 0) is 39.4 Å². The number of aromatic nitrogens is 2. The smallest absolute Gasteiger partial charge is 0.220 e. The summed E-state index contributed by atoms with van der Waals surface area (Å²) in [5.41, 5.74) is 0. The minimum atomic E-state index is 0.0935. The fraction of sp³-hybridized carbons (Fsp3) is 0.647. The number of rotatable bonds is 8. The average Bonchev–Trinajstić information content (AvgIpc) is 2.77. The van der Waals surface area contributed by atoms with Gasteiger partial charge in [-0.25, -0.2) is 9.97 Å². The number of allylic oxidation sites excluding steroid dienone is 1. The summed E-state index contributed by atoms with van der Waals surface area (Å²) in [6.45, 7) is 9.20. The number of hydrogen-bond donors (Lipinski definition) is 0. The Morgan fingerprint density at radius 3 is 2.87 bits per heavy atom. The Bertz CT molecular complexity index is 483. The molecule has 1 saturated heterocycles. The highest BCUT2D eigenvalue weighted by Gasteiger charge is 2.18. The molecule has 1 aromatic heterocycles. The van der Waals surface area contributed by atoms with Crippen LogP contribution in [-0.4, -0.2) is 72.8 Å². The van der Waals surface area contributed by atoms with E-state index in [1.165, 1.54) is 12.7 Å². The molecule has 1 atom stereocenters. The fourth-order valence-electron chi connectivity index (χ4n) is 2.73. The largest absolute Gasteiger partial charge is 0.481 e. The molecule has 1 aliphatic rings. The zero-order valence-electron chi connectivity index (χ0n) is 14.3. The fourth-order valence-corrected chi connectivity index (χ4v) is 2.73. The van der Waals surface area contributed by atoms with Gasteiger partial charge in [0.25, 0.3) is 0 Å². The molecule has 23 heavy (non-hydrogen) atoms. The van der Waals surface area contributed by atoms with Crippen LogP contribution in [0.5, 0.6) is 11.8 Å². The summed E-state index contributed by atoms with van der Waals surface area (Å²) < 4.78 is 11.2. The maximum absolute atomic E-state index is 6.10. The molecule has 1 aromatic rings. The van der Waals surface area contributed by atoms with E-state index in [1.54, 1.807) is 13.2 Å². The van der Waals surface area contributed by atoms with Crippen molar-refractivity contribution in [3.63, 3.8) is 0 Å². The highest BCUT2D eigenvalue weighted by atomic mass is 16.5. The van der Waals surface area contributed by atoms with E-state index in [0.717, 1.165) is 45.6 Å². The van der Waals surface area contributed by atoms with Crippen LogP contribution in [-0.2, 0) is 0 Å². The number of ether oxygens (including phenoxy) is 2. The zero-order chi connectivity index (χ0) is 16.5. The third-order valence-electron chi connectivity index (χ3n) is 4.08. The van der Waals surface area contributed by atoms with Crippen molar-refractivity contribution < 1.29 is 9.47 Å². The van der Waals surface area contributed by atoms with Crippen molar-refractivity contribution in [1.82, 2.24) is 19.8 Å². The summed E-state index contributed by atoms with van der Waals surface area (Å²) in [5, 5.41) is 0. The number of nitrogens with zero attached hydrogens (tertiary/aromatic N) is 4. The molecule has 0 aliphatic carbocycles. The zero-order valence-corrected chi connectivity index (χ0v) is 14.3. The molecule has 0 radical (unpaired) electrons. The van der Waals surface area contributed by atoms with E-state index < -0.39 is 0 Å². The number of likely N-dealkylation sites (N-methyl/N-ethyl adjacent to an activating group) is 1. The Labute approximate surface area is 139 Å². The van der Waals surface area contributed by atoms with Crippen molar-refractivity contribution in [2.45, 2.75) is 25.4 Å². The van der Waals surface area contributed by atoms with E-state index in [4.69, 9.17) is 9.47 Å². The summed E-state index contributed by atoms with van der Waals surface area (Å²) in [4.78, 5) is 13.1. The van der Waals surface area contributed by atoms with Gasteiger partial charge in [-0.3, -0.25) is 4.90 Å². The molecule has 1 aliphatic heterocycles. The Morgan fingerprint density at radius 2 is 2.09 bits per heavy atom. The number of hydrogen-bond acceptors (Lipinski definition) is 6. The molecule has 6 nitrogen and oxygen atoms in total. The SMILES string of the molecule is C=CCC[C@H](CN1CCCN(C)CC1)Oc1cc(OC)ncn1. The Kier molecular flexibility index (Phi) is 7.29. The van der Waals surface area contributed by atoms with Gasteiger partial charge in [-0.15, -0.1) is 6.58 Å². The molecule has 0 amide bonds. The minimum absolute atomic E-state index is 0.0935. The summed E-state index contributed by atoms with van der Waals surface area (Å²) in [6.07, 6.45) is 6.57. The van der Waals surface area contributed by atoms with Crippen LogP contribution in [0.15, 0.2) is 25.0 Å². The minimum Gasteiger partial charge on any atom is -0.481 e. The highest BCUT2D eigenvalue weighted by molar-refractivity contribution is 5.18. The molecule has 2 rings (SSSR count). The number of methoxy groups -OCH3 is 1. The Balaban J connectivity index is 1.96. The molecule has 6 heteroatoms. The van der Waals surface area contributed by atoms with Gasteiger partial charge < -0.3 is 14.4 Å². The summed E-state index contributed by atoms with van der Waals surface area (Å²) in [7, 11) is 3.78. The lowest BCUT2D eigenvalue weighted by Crippen LogP contribution is -2.38. The molecule has 1 fully saturated rings. The maximum Gasteiger partial charge on any atom is 0.220 e. The van der Waals surface area contributed by atoms with Crippen LogP contribution in [0.25, 0.3) is 0 Å². The van der Waals surface area contributed by atoms with Crippen LogP contribution in [0.3, 0.4) is 0 Å². The lowest BCUT2D eigenvalue weighted by Gasteiger charge is -2.26. The van der Waals surface area contributed by atoms with E-state index in [9.17, 15) is 0 Å². The average molecular weight is 320 g/mol. The predicted octanol–water partition coefficient (Wildman–Crippen LogP) is 1.84. The van der Waals surface area contributed by atoms with Crippen molar-refractivity contribution in [2.75, 3.05) is 46.9 Å². The van der Waals surface area contributed by atoms with Gasteiger partial charge >= 0.3 is 0 Å². The van der Waals surface area contributed by atoms with Crippen LogP contribution >= 0.6 is 0 Å². The van der Waals surface area contributed by atoms with Crippen LogP contribution in [0.2, 0.25) is 0 Å². The van der Waals surface area contributed by atoms with E-state index >= 15 is 0 Å². The first kappa shape index (κ1) is 17.7. The van der Waals surface area contributed by atoms with Crippen LogP contribution < -0.4 is 9.47 Å². The lowest BCUT2D eigenvalue weighted by molar-refractivity contribution is 0.123. The van der Waals surface area contributed by atoms with E-state index in [0.29, 0.717) is 11.8 Å². The second kappa shape index (κ2) is 9.47. The molecule has 0 N–H and O–H groups in total. The maximum atomic E-state index is 6.10. The first-order chi connectivity index (χ1) is 11.2. The lowest BCUT2D eigenvalue weighted by atomic mass is 10.2. The van der Waals surface area contributed by atoms with Gasteiger partial charge in [0.1, 0.15) is 12.4 Å². The van der Waals surface area contributed by atoms with Gasteiger partial charge in [0.15, 0.2) is 0 Å². The van der Waals surface area contributed by atoms with E-state index in [1.807, 2.05) is 6.08 Å². The molecule has 0 unspecified atom stereocenters. The van der Waals surface area contributed by atoms with Crippen LogP contribution in [0.4, 0.5) is 0 Å². The first-order valence-electron chi connectivity index (χ1n) is 8.25. The normalized spacial score (nSPS) is 18.2. The summed E-state index contributed by atoms with van der Waals surface area (Å²) in [5.74, 6) is 1.09. The topological polar surface area (TPSA) is 50.7 Å². The van der Waals surface area contributed by atoms with Crippen molar-refractivity contribution >= 4 is 0 Å². The Hall–Kier alpha value is -1.66. The summed E-state index contributed by atoms with van der Waals surface area (Å²) in [6, 6.07) is 1.73. The van der Waals surface area contributed by atoms with Gasteiger partial charge in [0, 0.05) is 19.6 Å². The quantitative estimate of drug-likeness (QED) is 0.681. The monoisotopic (exact) mass is 320 g/mol. The van der Waals surface area contributed by atoms with Gasteiger partial charge in [-0.1, -0.05) is 6.08 Å². The molecule has 128 valence electrons. The third-order valence-corrected chi connectivity index (χ3v) is 4.08. The van der Waals surface area contributed by atoms with Gasteiger partial charge in [-0.2, -0.15) is 0 Å². The van der Waals surface area contributed by atoms with Crippen molar-refractivity contribution in [3.8, 4) is 11.8 Å². The molecular formula is C17H28N4O2. The predicted molar refractivity (Wildman–Crippen MR) is 91.0 cm³/mol. The van der Waals surface area contributed by atoms with Gasteiger partial charge in [0.2, 0.25) is 11.8 Å². The molecule has 2 heterocycles. The van der Waals surface area contributed by atoms with E-state index in [2.05, 4.69) is 33.4 Å². The molecule has 0 aromatic carbocycles. The molecule has 0 bridgehead atoms. The van der Waals surface area contributed by atoms with Crippen molar-refractivity contribution in [2.24, 2.45) is 0 Å². The second-order valence-electron chi connectivity index (χ2n) is 5.96. The second-order valence-corrected chi connectivity index (χ2v) is 5.96. The standard InChI is InChI=1S/C17H28N4O2/c1-4-5-7-15(13-21-9-6-8-20(2)10-11-21)23-17-12-16(22-3)18-14-19-17/h4,12,14-15H,1,5-11,13H2,2-3H3/t15-/m1/s1. The summed E-state index contributed by atoms with van der Waals surface area (Å²) >= 11 is 0. The van der Waals surface area contributed by atoms with Crippen LogP contribution in [0, 0.1) is 0 Å². The third kappa shape index (κ3) is 6.15. The highest BCUT2D eigenvalue weighted by Crippen LogP contribution is 2.17. The van der Waals surface area contributed by atoms with Gasteiger partial charge in [0.05, 0.1) is 13.2 Å². The first-order valence-corrected chi connectivity index (χ1v) is 8.25. The van der Waals surface area contributed by atoms with Crippen LogP contribution in [0.1, 0.15) is 19.3 Å². The molecule has 0 saturated carbocycles. The van der Waals surface area contributed by atoms with E-state index in [-0.39, 0.29) is 6.10 Å². The molecule has 0 spiro atoms. The van der Waals surface area contributed by atoms with Crippen molar-refractivity contribution in [1.29, 1.82) is 0 Å². The molecular weight excluding hydrogens is 292 g/mol.